The predicted molar refractivity (Wildman–Crippen MR) is 87.4 cm³/mol. The smallest absolute Gasteiger partial charge is 0.242 e. The minimum Gasteiger partial charge on any atom is -0.350 e. The molecule has 5 nitrogen and oxygen atoms in total. The van der Waals surface area contributed by atoms with Gasteiger partial charge in [-0.1, -0.05) is 31.2 Å². The second kappa shape index (κ2) is 6.30. The summed E-state index contributed by atoms with van der Waals surface area (Å²) in [6.45, 7) is 10.1. The number of hydrogen-bond donors (Lipinski definition) is 1. The standard InChI is InChI=1S/C17H24N4O/c1-6-17(4,5)19-15(22)11-21-16(18-13(3)20-21)14-10-8-7-9-12(14)2/h7-10H,6,11H2,1-5H3,(H,19,22). The van der Waals surface area contributed by atoms with Crippen molar-refractivity contribution in [1.29, 1.82) is 0 Å². The van der Waals surface area contributed by atoms with Crippen LogP contribution in [0.1, 0.15) is 38.6 Å². The van der Waals surface area contributed by atoms with Gasteiger partial charge < -0.3 is 5.32 Å². The van der Waals surface area contributed by atoms with Gasteiger partial charge in [-0.05, 0) is 39.7 Å². The number of benzene rings is 1. The Labute approximate surface area is 131 Å². The van der Waals surface area contributed by atoms with E-state index in [9.17, 15) is 4.79 Å². The number of aryl methyl sites for hydroxylation is 2. The van der Waals surface area contributed by atoms with Crippen molar-refractivity contribution in [2.75, 3.05) is 0 Å². The fraction of sp³-hybridized carbons (Fsp3) is 0.471. The topological polar surface area (TPSA) is 59.8 Å². The molecule has 1 heterocycles. The van der Waals surface area contributed by atoms with E-state index in [4.69, 9.17) is 0 Å². The summed E-state index contributed by atoms with van der Waals surface area (Å²) >= 11 is 0. The second-order valence-corrected chi connectivity index (χ2v) is 6.24. The van der Waals surface area contributed by atoms with Gasteiger partial charge in [0.1, 0.15) is 12.4 Å². The van der Waals surface area contributed by atoms with Crippen molar-refractivity contribution in [3.8, 4) is 11.4 Å². The molecule has 2 rings (SSSR count). The Balaban J connectivity index is 2.26. The van der Waals surface area contributed by atoms with E-state index in [1.165, 1.54) is 0 Å². The molecule has 0 spiro atoms. The summed E-state index contributed by atoms with van der Waals surface area (Å²) in [7, 11) is 0. The highest BCUT2D eigenvalue weighted by molar-refractivity contribution is 5.77. The highest BCUT2D eigenvalue weighted by Gasteiger charge is 2.20. The second-order valence-electron chi connectivity index (χ2n) is 6.24. The van der Waals surface area contributed by atoms with Crippen molar-refractivity contribution in [2.45, 2.75) is 53.1 Å². The van der Waals surface area contributed by atoms with Gasteiger partial charge in [0.2, 0.25) is 5.91 Å². The third kappa shape index (κ3) is 3.72. The summed E-state index contributed by atoms with van der Waals surface area (Å²) in [4.78, 5) is 16.7. The molecule has 22 heavy (non-hydrogen) atoms. The van der Waals surface area contributed by atoms with Crippen molar-refractivity contribution >= 4 is 5.91 Å². The van der Waals surface area contributed by atoms with Crippen LogP contribution in [0.15, 0.2) is 24.3 Å². The Kier molecular flexibility index (Phi) is 4.64. The van der Waals surface area contributed by atoms with E-state index in [0.717, 1.165) is 23.4 Å². The van der Waals surface area contributed by atoms with E-state index in [-0.39, 0.29) is 18.0 Å². The van der Waals surface area contributed by atoms with Gasteiger partial charge in [0, 0.05) is 11.1 Å². The zero-order valence-electron chi connectivity index (χ0n) is 14.0. The minimum atomic E-state index is -0.213. The molecule has 1 amide bonds. The van der Waals surface area contributed by atoms with E-state index in [1.54, 1.807) is 4.68 Å². The van der Waals surface area contributed by atoms with Gasteiger partial charge in [0.15, 0.2) is 5.82 Å². The first-order chi connectivity index (χ1) is 10.3. The summed E-state index contributed by atoms with van der Waals surface area (Å²) in [5, 5.41) is 7.40. The molecule has 0 fully saturated rings. The Bertz CT molecular complexity index is 673. The number of nitrogens with zero attached hydrogens (tertiary/aromatic N) is 3. The molecule has 0 radical (unpaired) electrons. The largest absolute Gasteiger partial charge is 0.350 e. The Morgan fingerprint density at radius 2 is 1.95 bits per heavy atom. The lowest BCUT2D eigenvalue weighted by Gasteiger charge is -2.24. The van der Waals surface area contributed by atoms with Crippen molar-refractivity contribution in [3.05, 3.63) is 35.7 Å². The number of aromatic nitrogens is 3. The molecule has 0 aliphatic heterocycles. The van der Waals surface area contributed by atoms with Crippen LogP contribution in [0.3, 0.4) is 0 Å². The fourth-order valence-corrected chi connectivity index (χ4v) is 2.23. The lowest BCUT2D eigenvalue weighted by atomic mass is 10.0. The minimum absolute atomic E-state index is 0.0495. The molecule has 1 N–H and O–H groups in total. The summed E-state index contributed by atoms with van der Waals surface area (Å²) in [5.74, 6) is 1.35. The summed E-state index contributed by atoms with van der Waals surface area (Å²) in [5.41, 5.74) is 1.91. The molecule has 5 heteroatoms. The number of hydrogen-bond acceptors (Lipinski definition) is 3. The normalized spacial score (nSPS) is 11.5. The highest BCUT2D eigenvalue weighted by atomic mass is 16.2. The van der Waals surface area contributed by atoms with Crippen LogP contribution in [-0.2, 0) is 11.3 Å². The van der Waals surface area contributed by atoms with Crippen LogP contribution in [0.4, 0.5) is 0 Å². The van der Waals surface area contributed by atoms with Crippen LogP contribution in [0.5, 0.6) is 0 Å². The maximum atomic E-state index is 12.3. The molecule has 0 aliphatic carbocycles. The molecule has 0 bridgehead atoms. The van der Waals surface area contributed by atoms with Gasteiger partial charge in [-0.15, -0.1) is 0 Å². The van der Waals surface area contributed by atoms with Gasteiger partial charge >= 0.3 is 0 Å². The molecule has 118 valence electrons. The van der Waals surface area contributed by atoms with Crippen molar-refractivity contribution < 1.29 is 4.79 Å². The van der Waals surface area contributed by atoms with E-state index in [1.807, 2.05) is 52.0 Å². The van der Waals surface area contributed by atoms with Crippen molar-refractivity contribution in [2.24, 2.45) is 0 Å². The van der Waals surface area contributed by atoms with Crippen LogP contribution in [0, 0.1) is 13.8 Å². The summed E-state index contributed by atoms with van der Waals surface area (Å²) < 4.78 is 1.68. The molecule has 0 aliphatic rings. The maximum absolute atomic E-state index is 12.3. The third-order valence-electron chi connectivity index (χ3n) is 3.82. The number of amides is 1. The average molecular weight is 300 g/mol. The average Bonchev–Trinajstić information content (AvgIpc) is 2.79. The first-order valence-electron chi connectivity index (χ1n) is 7.61. The van der Waals surface area contributed by atoms with Gasteiger partial charge in [-0.2, -0.15) is 5.10 Å². The number of carbonyl (C=O) groups excluding carboxylic acids is 1. The fourth-order valence-electron chi connectivity index (χ4n) is 2.23. The summed E-state index contributed by atoms with van der Waals surface area (Å²) in [6.07, 6.45) is 0.875. The molecule has 1 aromatic heterocycles. The maximum Gasteiger partial charge on any atom is 0.242 e. The number of nitrogens with one attached hydrogen (secondary N) is 1. The quantitative estimate of drug-likeness (QED) is 0.923. The molecule has 1 aromatic carbocycles. The number of carbonyl (C=O) groups is 1. The Hall–Kier alpha value is -2.17. The molecular weight excluding hydrogens is 276 g/mol. The molecular formula is C17H24N4O. The highest BCUT2D eigenvalue weighted by Crippen LogP contribution is 2.21. The van der Waals surface area contributed by atoms with Gasteiger partial charge in [0.05, 0.1) is 0 Å². The van der Waals surface area contributed by atoms with E-state index >= 15 is 0 Å². The monoisotopic (exact) mass is 300 g/mol. The van der Waals surface area contributed by atoms with Crippen LogP contribution >= 0.6 is 0 Å². The van der Waals surface area contributed by atoms with Crippen LogP contribution in [-0.4, -0.2) is 26.2 Å². The van der Waals surface area contributed by atoms with Crippen molar-refractivity contribution in [1.82, 2.24) is 20.1 Å². The lowest BCUT2D eigenvalue weighted by Crippen LogP contribution is -2.44. The van der Waals surface area contributed by atoms with E-state index in [2.05, 4.69) is 22.3 Å². The zero-order valence-corrected chi connectivity index (χ0v) is 14.0. The lowest BCUT2D eigenvalue weighted by molar-refractivity contribution is -0.123. The van der Waals surface area contributed by atoms with E-state index < -0.39 is 0 Å². The Morgan fingerprint density at radius 3 is 2.59 bits per heavy atom. The SMILES string of the molecule is CCC(C)(C)NC(=O)Cn1nc(C)nc1-c1ccccc1C. The van der Waals surface area contributed by atoms with Crippen LogP contribution in [0.2, 0.25) is 0 Å². The third-order valence-corrected chi connectivity index (χ3v) is 3.82. The Morgan fingerprint density at radius 1 is 1.27 bits per heavy atom. The van der Waals surface area contributed by atoms with Gasteiger partial charge in [-0.3, -0.25) is 4.79 Å². The van der Waals surface area contributed by atoms with Gasteiger partial charge in [0.25, 0.3) is 0 Å². The molecule has 0 saturated carbocycles. The molecule has 2 aromatic rings. The van der Waals surface area contributed by atoms with Crippen molar-refractivity contribution in [3.63, 3.8) is 0 Å². The summed E-state index contributed by atoms with van der Waals surface area (Å²) in [6, 6.07) is 7.99. The number of rotatable bonds is 5. The first kappa shape index (κ1) is 16.2. The first-order valence-corrected chi connectivity index (χ1v) is 7.61. The zero-order chi connectivity index (χ0) is 16.3. The molecule has 0 unspecified atom stereocenters. The van der Waals surface area contributed by atoms with Crippen LogP contribution < -0.4 is 5.32 Å². The predicted octanol–water partition coefficient (Wildman–Crippen LogP) is 2.87. The van der Waals surface area contributed by atoms with E-state index in [0.29, 0.717) is 5.82 Å². The molecule has 0 saturated heterocycles. The van der Waals surface area contributed by atoms with Crippen LogP contribution in [0.25, 0.3) is 11.4 Å². The van der Waals surface area contributed by atoms with Gasteiger partial charge in [-0.25, -0.2) is 9.67 Å². The molecule has 0 atom stereocenters.